The normalized spacial score (nSPS) is 17.0. The van der Waals surface area contributed by atoms with E-state index in [1.54, 1.807) is 12.1 Å². The number of fused-ring (bicyclic) bond motifs is 1. The summed E-state index contributed by atoms with van der Waals surface area (Å²) in [5.41, 5.74) is 1.72. The van der Waals surface area contributed by atoms with Gasteiger partial charge in [0, 0.05) is 18.1 Å². The lowest BCUT2D eigenvalue weighted by Crippen LogP contribution is -2.27. The third-order valence-electron chi connectivity index (χ3n) is 3.32. The van der Waals surface area contributed by atoms with E-state index in [1.807, 2.05) is 28.3 Å². The average Bonchev–Trinajstić information content (AvgIpc) is 2.88. The van der Waals surface area contributed by atoms with Gasteiger partial charge in [0.25, 0.3) is 0 Å². The van der Waals surface area contributed by atoms with E-state index in [0.29, 0.717) is 6.67 Å². The molecule has 2 aliphatic rings. The quantitative estimate of drug-likeness (QED) is 0.735. The van der Waals surface area contributed by atoms with E-state index in [4.69, 9.17) is 0 Å². The van der Waals surface area contributed by atoms with E-state index >= 15 is 0 Å². The number of amidine groups is 1. The molecule has 0 N–H and O–H groups in total. The Bertz CT molecular complexity index is 668. The summed E-state index contributed by atoms with van der Waals surface area (Å²) >= 11 is 3.38. The molecule has 0 amide bonds. The zero-order valence-corrected chi connectivity index (χ0v) is 13.5. The van der Waals surface area contributed by atoms with Gasteiger partial charge in [0.15, 0.2) is 5.84 Å². The highest BCUT2D eigenvalue weighted by Gasteiger charge is 2.31. The van der Waals surface area contributed by atoms with Crippen molar-refractivity contribution in [3.05, 3.63) is 48.2 Å². The van der Waals surface area contributed by atoms with Crippen molar-refractivity contribution in [2.75, 3.05) is 18.5 Å². The first-order valence-corrected chi connectivity index (χ1v) is 7.99. The Kier molecular flexibility index (Phi) is 4.34. The lowest BCUT2D eigenvalue weighted by atomic mass is 10.0. The monoisotopic (exact) mass is 387 g/mol. The number of benzene rings is 1. The fourth-order valence-electron chi connectivity index (χ4n) is 2.33. The average molecular weight is 388 g/mol. The van der Waals surface area contributed by atoms with Crippen LogP contribution in [0.3, 0.4) is 0 Å². The number of ether oxygens (including phenoxy) is 1. The van der Waals surface area contributed by atoms with Crippen LogP contribution in [0.4, 0.5) is 13.2 Å². The minimum atomic E-state index is -4.68. The van der Waals surface area contributed by atoms with Crippen LogP contribution in [0.2, 0.25) is 0 Å². The molecule has 0 aromatic heterocycles. The molecule has 0 fully saturated rings. The van der Waals surface area contributed by atoms with Crippen molar-refractivity contribution in [1.29, 1.82) is 0 Å². The van der Waals surface area contributed by atoms with Crippen molar-refractivity contribution in [3.63, 3.8) is 0 Å². The first kappa shape index (κ1) is 15.9. The van der Waals surface area contributed by atoms with Crippen LogP contribution in [-0.2, 0) is 0 Å². The standard InChI is InChI=1S/C15H13BrF3N3O/c16-7-8-22-10-21-9-12(3-6-14(21)20-22)11-1-4-13(5-2-11)23-15(17,18)19/h1-6,9H,7-8,10H2. The molecular weight excluding hydrogens is 375 g/mol. The summed E-state index contributed by atoms with van der Waals surface area (Å²) in [5, 5.41) is 7.22. The molecule has 0 unspecified atom stereocenters. The number of nitrogens with zero attached hydrogens (tertiary/aromatic N) is 3. The van der Waals surface area contributed by atoms with Gasteiger partial charge in [0.2, 0.25) is 0 Å². The number of halogens is 4. The smallest absolute Gasteiger partial charge is 0.406 e. The zero-order valence-electron chi connectivity index (χ0n) is 11.9. The molecular formula is C15H13BrF3N3O. The molecule has 8 heteroatoms. The van der Waals surface area contributed by atoms with Gasteiger partial charge in [0.05, 0.1) is 0 Å². The second kappa shape index (κ2) is 6.27. The zero-order chi connectivity index (χ0) is 16.4. The van der Waals surface area contributed by atoms with E-state index in [9.17, 15) is 13.2 Å². The third kappa shape index (κ3) is 3.87. The van der Waals surface area contributed by atoms with E-state index in [0.717, 1.165) is 28.8 Å². The maximum atomic E-state index is 12.2. The van der Waals surface area contributed by atoms with Crippen LogP contribution in [0, 0.1) is 0 Å². The molecule has 122 valence electrons. The van der Waals surface area contributed by atoms with Gasteiger partial charge >= 0.3 is 6.36 Å². The van der Waals surface area contributed by atoms with Gasteiger partial charge in [-0.1, -0.05) is 28.1 Å². The number of hydrazone groups is 1. The summed E-state index contributed by atoms with van der Waals surface area (Å²) in [6.45, 7) is 1.46. The molecule has 2 aliphatic heterocycles. The van der Waals surface area contributed by atoms with Crippen LogP contribution < -0.4 is 4.74 Å². The van der Waals surface area contributed by atoms with Crippen LogP contribution >= 0.6 is 15.9 Å². The highest BCUT2D eigenvalue weighted by molar-refractivity contribution is 9.09. The van der Waals surface area contributed by atoms with Gasteiger partial charge in [0.1, 0.15) is 12.4 Å². The van der Waals surface area contributed by atoms with Crippen LogP contribution in [0.1, 0.15) is 5.56 Å². The molecule has 3 rings (SSSR count). The number of rotatable bonds is 4. The second-order valence-electron chi connectivity index (χ2n) is 4.98. The molecule has 1 aromatic rings. The molecule has 0 spiro atoms. The number of hydrogen-bond donors (Lipinski definition) is 0. The lowest BCUT2D eigenvalue weighted by Gasteiger charge is -2.20. The first-order valence-electron chi connectivity index (χ1n) is 6.87. The van der Waals surface area contributed by atoms with Gasteiger partial charge in [-0.15, -0.1) is 13.2 Å². The Morgan fingerprint density at radius 2 is 1.91 bits per heavy atom. The predicted octanol–water partition coefficient (Wildman–Crippen LogP) is 3.78. The molecule has 0 saturated heterocycles. The summed E-state index contributed by atoms with van der Waals surface area (Å²) in [4.78, 5) is 2.00. The molecule has 0 atom stereocenters. The third-order valence-corrected chi connectivity index (χ3v) is 3.68. The summed E-state index contributed by atoms with van der Waals surface area (Å²) < 4.78 is 40.4. The molecule has 0 aliphatic carbocycles. The largest absolute Gasteiger partial charge is 0.573 e. The Morgan fingerprint density at radius 1 is 1.17 bits per heavy atom. The number of hydrogen-bond acceptors (Lipinski definition) is 4. The number of alkyl halides is 4. The van der Waals surface area contributed by atoms with Crippen LogP contribution in [0.5, 0.6) is 5.75 Å². The van der Waals surface area contributed by atoms with Gasteiger partial charge in [-0.2, -0.15) is 5.10 Å². The lowest BCUT2D eigenvalue weighted by molar-refractivity contribution is -0.274. The maximum absolute atomic E-state index is 12.2. The van der Waals surface area contributed by atoms with E-state index in [2.05, 4.69) is 25.8 Å². The highest BCUT2D eigenvalue weighted by atomic mass is 79.9. The predicted molar refractivity (Wildman–Crippen MR) is 84.9 cm³/mol. The van der Waals surface area contributed by atoms with Gasteiger partial charge in [-0.3, -0.25) is 5.01 Å². The molecule has 23 heavy (non-hydrogen) atoms. The minimum Gasteiger partial charge on any atom is -0.406 e. The van der Waals surface area contributed by atoms with Crippen LogP contribution in [0.15, 0.2) is 47.7 Å². The summed E-state index contributed by atoms with van der Waals surface area (Å²) in [6, 6.07) is 5.82. The van der Waals surface area contributed by atoms with Crippen molar-refractivity contribution in [3.8, 4) is 5.75 Å². The number of allylic oxidation sites excluding steroid dienone is 2. The SMILES string of the molecule is FC(F)(F)Oc1ccc(C2=CN3CN(CCBr)N=C3C=C2)cc1. The van der Waals surface area contributed by atoms with Crippen molar-refractivity contribution < 1.29 is 17.9 Å². The Balaban J connectivity index is 1.73. The van der Waals surface area contributed by atoms with Crippen LogP contribution in [-0.4, -0.2) is 40.7 Å². The second-order valence-corrected chi connectivity index (χ2v) is 5.77. The van der Waals surface area contributed by atoms with E-state index in [-0.39, 0.29) is 5.75 Å². The van der Waals surface area contributed by atoms with Crippen molar-refractivity contribution >= 4 is 27.3 Å². The Hall–Kier alpha value is -1.96. The van der Waals surface area contributed by atoms with Crippen molar-refractivity contribution in [2.24, 2.45) is 5.10 Å². The Morgan fingerprint density at radius 3 is 2.57 bits per heavy atom. The van der Waals surface area contributed by atoms with Gasteiger partial charge in [-0.25, -0.2) is 0 Å². The summed E-state index contributed by atoms with van der Waals surface area (Å²) in [6.07, 6.45) is 1.05. The fraction of sp³-hybridized carbons (Fsp3) is 0.267. The topological polar surface area (TPSA) is 28.1 Å². The molecule has 0 saturated carbocycles. The molecule has 1 aromatic carbocycles. The molecule has 2 heterocycles. The highest BCUT2D eigenvalue weighted by Crippen LogP contribution is 2.27. The van der Waals surface area contributed by atoms with Crippen molar-refractivity contribution in [1.82, 2.24) is 9.91 Å². The maximum Gasteiger partial charge on any atom is 0.573 e. The molecule has 4 nitrogen and oxygen atoms in total. The summed E-state index contributed by atoms with van der Waals surface area (Å²) in [5.74, 6) is 0.625. The molecule has 0 radical (unpaired) electrons. The van der Waals surface area contributed by atoms with Gasteiger partial charge in [-0.05, 0) is 35.4 Å². The van der Waals surface area contributed by atoms with Gasteiger partial charge < -0.3 is 9.64 Å². The van der Waals surface area contributed by atoms with Crippen molar-refractivity contribution in [2.45, 2.75) is 6.36 Å². The summed E-state index contributed by atoms with van der Waals surface area (Å²) in [7, 11) is 0. The molecule has 0 bridgehead atoms. The first-order chi connectivity index (χ1) is 10.9. The minimum absolute atomic E-state index is 0.228. The van der Waals surface area contributed by atoms with Crippen LogP contribution in [0.25, 0.3) is 5.57 Å². The fourth-order valence-corrected chi connectivity index (χ4v) is 2.74. The Labute approximate surface area is 139 Å². The van der Waals surface area contributed by atoms with E-state index in [1.165, 1.54) is 12.1 Å². The van der Waals surface area contributed by atoms with E-state index < -0.39 is 6.36 Å².